The molecule has 120 valence electrons. The summed E-state index contributed by atoms with van der Waals surface area (Å²) in [5.41, 5.74) is 6.07. The van der Waals surface area contributed by atoms with Gasteiger partial charge in [-0.1, -0.05) is 35.9 Å². The average molecular weight is 326 g/mol. The first kappa shape index (κ1) is 14.0. The molecular weight excluding hydrogens is 312 g/mol. The Bertz CT molecular complexity index is 1150. The number of hydrogen-bond acceptors (Lipinski definition) is 4. The third-order valence-corrected chi connectivity index (χ3v) is 4.22. The van der Waals surface area contributed by atoms with Gasteiger partial charge in [0.05, 0.1) is 5.56 Å². The van der Waals surface area contributed by atoms with E-state index in [1.165, 1.54) is 0 Å². The number of para-hydroxylation sites is 4. The Labute approximate surface area is 143 Å². The fraction of sp³-hybridized carbons (Fsp3) is 0.0476. The normalized spacial score (nSPS) is 11.4. The summed E-state index contributed by atoms with van der Waals surface area (Å²) < 4.78 is 11.9. The largest absolute Gasteiger partial charge is 0.436 e. The second-order valence-corrected chi connectivity index (χ2v) is 6.02. The topological polar surface area (TPSA) is 52.1 Å². The Morgan fingerprint density at radius 1 is 0.640 bits per heavy atom. The molecule has 0 atom stereocenters. The predicted octanol–water partition coefficient (Wildman–Crippen LogP) is 5.61. The number of nitrogens with zero attached hydrogens (tertiary/aromatic N) is 2. The van der Waals surface area contributed by atoms with E-state index in [-0.39, 0.29) is 0 Å². The summed E-state index contributed by atoms with van der Waals surface area (Å²) in [6.45, 7) is 2.04. The lowest BCUT2D eigenvalue weighted by Gasteiger charge is -2.04. The molecule has 5 aromatic rings. The van der Waals surface area contributed by atoms with Crippen molar-refractivity contribution in [2.45, 2.75) is 6.92 Å². The van der Waals surface area contributed by atoms with Crippen molar-refractivity contribution < 1.29 is 8.83 Å². The summed E-state index contributed by atoms with van der Waals surface area (Å²) in [7, 11) is 0. The molecule has 0 aliphatic heterocycles. The number of rotatable bonds is 2. The van der Waals surface area contributed by atoms with Crippen LogP contribution in [0.25, 0.3) is 45.1 Å². The molecule has 0 unspecified atom stereocenters. The highest BCUT2D eigenvalue weighted by molar-refractivity contribution is 5.84. The molecule has 0 bridgehead atoms. The van der Waals surface area contributed by atoms with E-state index in [1.807, 2.05) is 67.6 Å². The van der Waals surface area contributed by atoms with Gasteiger partial charge in [-0.15, -0.1) is 0 Å². The highest BCUT2D eigenvalue weighted by Crippen LogP contribution is 2.35. The minimum absolute atomic E-state index is 0.568. The van der Waals surface area contributed by atoms with Crippen LogP contribution in [0, 0.1) is 6.92 Å². The zero-order valence-electron chi connectivity index (χ0n) is 13.6. The second kappa shape index (κ2) is 5.31. The predicted molar refractivity (Wildman–Crippen MR) is 97.2 cm³/mol. The van der Waals surface area contributed by atoms with Crippen molar-refractivity contribution in [3.8, 4) is 22.9 Å². The van der Waals surface area contributed by atoms with Gasteiger partial charge in [0, 0.05) is 5.56 Å². The molecule has 0 spiro atoms. The molecule has 3 aromatic carbocycles. The molecule has 0 N–H and O–H groups in total. The Hall–Kier alpha value is -3.40. The van der Waals surface area contributed by atoms with Crippen LogP contribution >= 0.6 is 0 Å². The molecule has 0 fully saturated rings. The quantitative estimate of drug-likeness (QED) is 0.423. The summed E-state index contributed by atoms with van der Waals surface area (Å²) in [5, 5.41) is 0. The fourth-order valence-corrected chi connectivity index (χ4v) is 3.00. The molecule has 0 radical (unpaired) electrons. The Kier molecular flexibility index (Phi) is 2.97. The maximum atomic E-state index is 5.96. The number of benzene rings is 3. The number of aryl methyl sites for hydroxylation is 1. The van der Waals surface area contributed by atoms with Crippen LogP contribution in [0.3, 0.4) is 0 Å². The molecular formula is C21H14N2O2. The lowest BCUT2D eigenvalue weighted by molar-refractivity contribution is 0.611. The van der Waals surface area contributed by atoms with Gasteiger partial charge in [-0.3, -0.25) is 0 Å². The maximum Gasteiger partial charge on any atom is 0.228 e. The SMILES string of the molecule is Cc1ccc(-c2nc3ccccc3o2)c(-c2nc3ccccc3o2)c1. The second-order valence-electron chi connectivity index (χ2n) is 6.02. The van der Waals surface area contributed by atoms with E-state index in [2.05, 4.69) is 16.0 Å². The molecule has 2 heterocycles. The van der Waals surface area contributed by atoms with E-state index in [4.69, 9.17) is 8.83 Å². The van der Waals surface area contributed by atoms with Crippen LogP contribution in [0.15, 0.2) is 75.6 Å². The van der Waals surface area contributed by atoms with Crippen LogP contribution in [-0.4, -0.2) is 9.97 Å². The van der Waals surface area contributed by atoms with Crippen LogP contribution in [0.2, 0.25) is 0 Å². The van der Waals surface area contributed by atoms with Gasteiger partial charge >= 0.3 is 0 Å². The van der Waals surface area contributed by atoms with E-state index in [9.17, 15) is 0 Å². The Morgan fingerprint density at radius 3 is 1.80 bits per heavy atom. The van der Waals surface area contributed by atoms with Gasteiger partial charge in [0.1, 0.15) is 11.0 Å². The summed E-state index contributed by atoms with van der Waals surface area (Å²) in [6.07, 6.45) is 0. The summed E-state index contributed by atoms with van der Waals surface area (Å²) >= 11 is 0. The molecule has 25 heavy (non-hydrogen) atoms. The van der Waals surface area contributed by atoms with E-state index >= 15 is 0 Å². The van der Waals surface area contributed by atoms with Crippen molar-refractivity contribution in [2.24, 2.45) is 0 Å². The van der Waals surface area contributed by atoms with E-state index < -0.39 is 0 Å². The van der Waals surface area contributed by atoms with Gasteiger partial charge in [-0.2, -0.15) is 0 Å². The van der Waals surface area contributed by atoms with E-state index in [0.29, 0.717) is 11.8 Å². The van der Waals surface area contributed by atoms with Gasteiger partial charge in [-0.25, -0.2) is 9.97 Å². The first-order valence-electron chi connectivity index (χ1n) is 8.10. The molecule has 4 nitrogen and oxygen atoms in total. The Balaban J connectivity index is 1.75. The third kappa shape index (κ3) is 2.31. The molecule has 0 amide bonds. The number of fused-ring (bicyclic) bond motifs is 2. The first-order chi connectivity index (χ1) is 12.3. The summed E-state index contributed by atoms with van der Waals surface area (Å²) in [4.78, 5) is 9.24. The van der Waals surface area contributed by atoms with Gasteiger partial charge in [-0.05, 0) is 43.3 Å². The van der Waals surface area contributed by atoms with E-state index in [0.717, 1.165) is 38.9 Å². The van der Waals surface area contributed by atoms with Crippen LogP contribution in [-0.2, 0) is 0 Å². The van der Waals surface area contributed by atoms with Gasteiger partial charge < -0.3 is 8.83 Å². The van der Waals surface area contributed by atoms with Crippen molar-refractivity contribution in [2.75, 3.05) is 0 Å². The van der Waals surface area contributed by atoms with Gasteiger partial charge in [0.15, 0.2) is 11.2 Å². The molecule has 4 heteroatoms. The van der Waals surface area contributed by atoms with Crippen LogP contribution in [0.5, 0.6) is 0 Å². The first-order valence-corrected chi connectivity index (χ1v) is 8.10. The minimum Gasteiger partial charge on any atom is -0.436 e. The molecule has 0 saturated heterocycles. The molecule has 5 rings (SSSR count). The monoisotopic (exact) mass is 326 g/mol. The number of aromatic nitrogens is 2. The van der Waals surface area contributed by atoms with Crippen molar-refractivity contribution >= 4 is 22.2 Å². The Morgan fingerprint density at radius 2 is 1.20 bits per heavy atom. The minimum atomic E-state index is 0.568. The lowest BCUT2D eigenvalue weighted by Crippen LogP contribution is -1.87. The molecule has 0 saturated carbocycles. The van der Waals surface area contributed by atoms with Crippen LogP contribution in [0.4, 0.5) is 0 Å². The highest BCUT2D eigenvalue weighted by Gasteiger charge is 2.17. The zero-order valence-corrected chi connectivity index (χ0v) is 13.6. The summed E-state index contributed by atoms with van der Waals surface area (Å²) in [5.74, 6) is 1.14. The smallest absolute Gasteiger partial charge is 0.228 e. The van der Waals surface area contributed by atoms with Gasteiger partial charge in [0.25, 0.3) is 0 Å². The number of hydrogen-bond donors (Lipinski definition) is 0. The van der Waals surface area contributed by atoms with Crippen LogP contribution in [0.1, 0.15) is 5.56 Å². The third-order valence-electron chi connectivity index (χ3n) is 4.22. The maximum absolute atomic E-state index is 5.96. The van der Waals surface area contributed by atoms with E-state index in [1.54, 1.807) is 0 Å². The lowest BCUT2D eigenvalue weighted by atomic mass is 10.0. The van der Waals surface area contributed by atoms with Crippen molar-refractivity contribution in [3.63, 3.8) is 0 Å². The van der Waals surface area contributed by atoms with Crippen LogP contribution < -0.4 is 0 Å². The van der Waals surface area contributed by atoms with Crippen molar-refractivity contribution in [1.82, 2.24) is 9.97 Å². The van der Waals surface area contributed by atoms with Crippen molar-refractivity contribution in [1.29, 1.82) is 0 Å². The fourth-order valence-electron chi connectivity index (χ4n) is 3.00. The zero-order chi connectivity index (χ0) is 16.8. The molecule has 2 aromatic heterocycles. The molecule has 0 aliphatic carbocycles. The summed E-state index contributed by atoms with van der Waals surface area (Å²) in [6, 6.07) is 21.6. The van der Waals surface area contributed by atoms with Gasteiger partial charge in [0.2, 0.25) is 11.8 Å². The average Bonchev–Trinajstić information content (AvgIpc) is 3.25. The highest BCUT2D eigenvalue weighted by atomic mass is 16.4. The standard InChI is InChI=1S/C21H14N2O2/c1-13-10-11-14(20-22-16-6-2-4-8-18(16)24-20)15(12-13)21-23-17-7-3-5-9-19(17)25-21/h2-12H,1H3. The number of oxazole rings is 2. The van der Waals surface area contributed by atoms with Crippen molar-refractivity contribution in [3.05, 3.63) is 72.3 Å². The molecule has 0 aliphatic rings.